The van der Waals surface area contributed by atoms with Gasteiger partial charge in [0, 0.05) is 24.8 Å². The minimum absolute atomic E-state index is 0.246. The molecule has 2 atom stereocenters. The van der Waals surface area contributed by atoms with Crippen molar-refractivity contribution in [1.82, 2.24) is 24.9 Å². The van der Waals surface area contributed by atoms with Gasteiger partial charge in [0.2, 0.25) is 0 Å². The zero-order chi connectivity index (χ0) is 18.7. The van der Waals surface area contributed by atoms with Crippen LogP contribution < -0.4 is 15.4 Å². The quantitative estimate of drug-likeness (QED) is 0.710. The highest BCUT2D eigenvalue weighted by atomic mass is 35.5. The summed E-state index contributed by atoms with van der Waals surface area (Å²) in [5, 5.41) is 1.52. The molecule has 3 aromatic rings. The molecule has 9 heteroatoms. The third-order valence-corrected chi connectivity index (χ3v) is 5.92. The lowest BCUT2D eigenvalue weighted by Gasteiger charge is -2.21. The minimum atomic E-state index is 0.246. The number of anilines is 1. The number of nitrogens with zero attached hydrogens (tertiary/aromatic N) is 5. The van der Waals surface area contributed by atoms with Crippen molar-refractivity contribution in [3.63, 3.8) is 0 Å². The highest BCUT2D eigenvalue weighted by Gasteiger charge is 2.54. The monoisotopic (exact) mass is 385 g/mol. The van der Waals surface area contributed by atoms with Crippen LogP contribution in [0.3, 0.4) is 0 Å². The molecular formula is C18H20ClN7O. The maximum absolute atomic E-state index is 6.62. The predicted octanol–water partition coefficient (Wildman–Crippen LogP) is 2.46. The standard InChI is InChI=1S/C18H20ClN7O/c1-3-12-14(19)13-16(23-12)24-18(27-9-4-21-8(2)22-5-9)25-17(13)26-6-10-11(7-26)15(10)20/h4-5,10-11,15H,3,6-7,20H2,1-2H3,(H,23,24,25). The van der Waals surface area contributed by atoms with Gasteiger partial charge >= 0.3 is 6.01 Å². The fourth-order valence-corrected chi connectivity index (χ4v) is 4.23. The number of nitrogens with one attached hydrogen (secondary N) is 1. The van der Waals surface area contributed by atoms with E-state index in [0.717, 1.165) is 36.4 Å². The van der Waals surface area contributed by atoms with Gasteiger partial charge in [-0.3, -0.25) is 0 Å². The molecule has 1 saturated carbocycles. The van der Waals surface area contributed by atoms with Gasteiger partial charge in [-0.25, -0.2) is 9.97 Å². The number of ether oxygens (including phenoxy) is 1. The van der Waals surface area contributed by atoms with Crippen LogP contribution in [0.2, 0.25) is 5.02 Å². The highest BCUT2D eigenvalue weighted by molar-refractivity contribution is 6.37. The first kappa shape index (κ1) is 16.7. The first-order chi connectivity index (χ1) is 13.0. The second-order valence-electron chi connectivity index (χ2n) is 7.20. The number of H-pyrrole nitrogens is 1. The van der Waals surface area contributed by atoms with Crippen molar-refractivity contribution in [1.29, 1.82) is 0 Å². The molecule has 27 heavy (non-hydrogen) atoms. The van der Waals surface area contributed by atoms with Crippen LogP contribution in [0.15, 0.2) is 12.4 Å². The van der Waals surface area contributed by atoms with E-state index in [4.69, 9.17) is 22.1 Å². The molecule has 3 N–H and O–H groups in total. The number of hydrogen-bond acceptors (Lipinski definition) is 7. The molecule has 3 aromatic heterocycles. The van der Waals surface area contributed by atoms with Crippen LogP contribution in [0, 0.1) is 18.8 Å². The zero-order valence-corrected chi connectivity index (χ0v) is 15.9. The summed E-state index contributed by atoms with van der Waals surface area (Å²) >= 11 is 6.62. The largest absolute Gasteiger partial charge is 0.421 e. The van der Waals surface area contributed by atoms with Gasteiger partial charge in [-0.1, -0.05) is 18.5 Å². The fourth-order valence-electron chi connectivity index (χ4n) is 3.87. The number of aryl methyl sites for hydroxylation is 2. The van der Waals surface area contributed by atoms with E-state index < -0.39 is 0 Å². The average Bonchev–Trinajstić information content (AvgIpc) is 3.02. The van der Waals surface area contributed by atoms with Crippen LogP contribution in [-0.2, 0) is 6.42 Å². The summed E-state index contributed by atoms with van der Waals surface area (Å²) in [6, 6.07) is 0.558. The van der Waals surface area contributed by atoms with Crippen LogP contribution in [0.4, 0.5) is 5.82 Å². The summed E-state index contributed by atoms with van der Waals surface area (Å²) in [7, 11) is 0. The Morgan fingerprint density at radius 3 is 2.63 bits per heavy atom. The highest BCUT2D eigenvalue weighted by Crippen LogP contribution is 2.47. The van der Waals surface area contributed by atoms with E-state index in [1.807, 2.05) is 6.92 Å². The number of aromatic nitrogens is 5. The molecule has 0 spiro atoms. The topological polar surface area (TPSA) is 106 Å². The Labute approximate surface area is 161 Å². The Kier molecular flexibility index (Phi) is 3.73. The maximum Gasteiger partial charge on any atom is 0.326 e. The SMILES string of the molecule is CCc1[nH]c2nc(Oc3cnc(C)nc3)nc(N3CC4C(N)C4C3)c2c1Cl. The number of fused-ring (bicyclic) bond motifs is 2. The van der Waals surface area contributed by atoms with E-state index >= 15 is 0 Å². The molecule has 4 heterocycles. The van der Waals surface area contributed by atoms with Gasteiger partial charge < -0.3 is 20.4 Å². The molecule has 0 bridgehead atoms. The second kappa shape index (κ2) is 6.03. The molecule has 5 rings (SSSR count). The van der Waals surface area contributed by atoms with Crippen molar-refractivity contribution >= 4 is 28.5 Å². The van der Waals surface area contributed by atoms with E-state index in [1.165, 1.54) is 0 Å². The second-order valence-corrected chi connectivity index (χ2v) is 7.58. The lowest BCUT2D eigenvalue weighted by Crippen LogP contribution is -2.29. The first-order valence-electron chi connectivity index (χ1n) is 9.10. The third kappa shape index (κ3) is 2.71. The molecular weight excluding hydrogens is 366 g/mol. The molecule has 0 amide bonds. The number of halogens is 1. The van der Waals surface area contributed by atoms with Gasteiger partial charge in [0.25, 0.3) is 0 Å². The number of rotatable bonds is 4. The summed E-state index contributed by atoms with van der Waals surface area (Å²) in [4.78, 5) is 23.0. The van der Waals surface area contributed by atoms with Crippen molar-refractivity contribution in [3.05, 3.63) is 28.9 Å². The molecule has 2 aliphatic rings. The Morgan fingerprint density at radius 1 is 1.26 bits per heavy atom. The Hall–Kier alpha value is -2.45. The van der Waals surface area contributed by atoms with E-state index in [9.17, 15) is 0 Å². The van der Waals surface area contributed by atoms with Crippen molar-refractivity contribution in [2.24, 2.45) is 17.6 Å². The smallest absolute Gasteiger partial charge is 0.326 e. The summed E-state index contributed by atoms with van der Waals surface area (Å²) < 4.78 is 5.82. The molecule has 2 fully saturated rings. The van der Waals surface area contributed by atoms with E-state index in [2.05, 4.69) is 36.7 Å². The Bertz CT molecular complexity index is 1010. The molecule has 1 aliphatic carbocycles. The molecule has 0 aromatic carbocycles. The third-order valence-electron chi connectivity index (χ3n) is 5.50. The Morgan fingerprint density at radius 2 is 1.96 bits per heavy atom. The number of aromatic amines is 1. The fraction of sp³-hybridized carbons (Fsp3) is 0.444. The number of hydrogen-bond donors (Lipinski definition) is 2. The molecule has 2 unspecified atom stereocenters. The molecule has 0 radical (unpaired) electrons. The Balaban J connectivity index is 1.57. The molecule has 8 nitrogen and oxygen atoms in total. The van der Waals surface area contributed by atoms with Gasteiger partial charge in [0.05, 0.1) is 22.8 Å². The van der Waals surface area contributed by atoms with Crippen LogP contribution in [-0.4, -0.2) is 44.1 Å². The number of nitrogens with two attached hydrogens (primary N) is 1. The summed E-state index contributed by atoms with van der Waals surface area (Å²) in [5.41, 5.74) is 7.71. The lowest BCUT2D eigenvalue weighted by molar-refractivity contribution is 0.439. The lowest BCUT2D eigenvalue weighted by atomic mass is 10.2. The van der Waals surface area contributed by atoms with E-state index in [0.29, 0.717) is 40.1 Å². The van der Waals surface area contributed by atoms with Crippen LogP contribution >= 0.6 is 11.6 Å². The predicted molar refractivity (Wildman–Crippen MR) is 102 cm³/mol. The summed E-state index contributed by atoms with van der Waals surface area (Å²) in [6.45, 7) is 5.64. The summed E-state index contributed by atoms with van der Waals surface area (Å²) in [5.74, 6) is 3.03. The number of piperidine rings is 1. The van der Waals surface area contributed by atoms with E-state index in [1.54, 1.807) is 12.4 Å². The van der Waals surface area contributed by atoms with Gasteiger partial charge in [-0.15, -0.1) is 0 Å². The van der Waals surface area contributed by atoms with Crippen molar-refractivity contribution in [2.75, 3.05) is 18.0 Å². The summed E-state index contributed by atoms with van der Waals surface area (Å²) in [6.07, 6.45) is 4.00. The van der Waals surface area contributed by atoms with E-state index in [-0.39, 0.29) is 6.01 Å². The van der Waals surface area contributed by atoms with Gasteiger partial charge in [-0.2, -0.15) is 9.97 Å². The van der Waals surface area contributed by atoms with Crippen LogP contribution in [0.25, 0.3) is 11.0 Å². The van der Waals surface area contributed by atoms with Crippen molar-refractivity contribution in [2.45, 2.75) is 26.3 Å². The maximum atomic E-state index is 6.62. The first-order valence-corrected chi connectivity index (χ1v) is 9.48. The van der Waals surface area contributed by atoms with Crippen molar-refractivity contribution in [3.8, 4) is 11.8 Å². The average molecular weight is 386 g/mol. The molecule has 140 valence electrons. The minimum Gasteiger partial charge on any atom is -0.421 e. The van der Waals surface area contributed by atoms with Crippen LogP contribution in [0.5, 0.6) is 11.8 Å². The van der Waals surface area contributed by atoms with Crippen LogP contribution in [0.1, 0.15) is 18.4 Å². The normalized spacial score (nSPS) is 23.7. The molecule has 1 aliphatic heterocycles. The molecule has 1 saturated heterocycles. The van der Waals surface area contributed by atoms with Gasteiger partial charge in [-0.05, 0) is 25.2 Å². The van der Waals surface area contributed by atoms with Gasteiger partial charge in [0.1, 0.15) is 17.3 Å². The van der Waals surface area contributed by atoms with Crippen molar-refractivity contribution < 1.29 is 4.74 Å². The zero-order valence-electron chi connectivity index (χ0n) is 15.1. The van der Waals surface area contributed by atoms with Gasteiger partial charge in [0.15, 0.2) is 5.75 Å².